The first-order valence-corrected chi connectivity index (χ1v) is 14.1. The van der Waals surface area contributed by atoms with Crippen LogP contribution in [0.4, 0.5) is 13.6 Å². The fraction of sp³-hybridized carbons (Fsp3) is 0.367. The van der Waals surface area contributed by atoms with E-state index in [0.717, 1.165) is 16.5 Å². The van der Waals surface area contributed by atoms with Crippen LogP contribution < -0.4 is 10.6 Å². The Hall–Kier alpha value is -3.73. The SMILES string of the molecule is CC(C)(C)C1CC(NC(=O)C=Cc2ccc(F)c(Br)c2)(C(=O)NCCc2c[nH]c3ccc(F)cc23)CCN1C(=O)O. The zero-order chi connectivity index (χ0) is 29.9. The van der Waals surface area contributed by atoms with E-state index in [0.29, 0.717) is 12.0 Å². The quantitative estimate of drug-likeness (QED) is 0.254. The fourth-order valence-electron chi connectivity index (χ4n) is 5.29. The van der Waals surface area contributed by atoms with E-state index in [-0.39, 0.29) is 36.2 Å². The Morgan fingerprint density at radius 1 is 1.20 bits per heavy atom. The predicted octanol–water partition coefficient (Wildman–Crippen LogP) is 5.62. The number of carbonyl (C=O) groups is 3. The maximum Gasteiger partial charge on any atom is 0.407 e. The van der Waals surface area contributed by atoms with Crippen LogP contribution in [-0.2, 0) is 16.0 Å². The summed E-state index contributed by atoms with van der Waals surface area (Å²) in [6.45, 7) is 5.97. The van der Waals surface area contributed by atoms with Crippen LogP contribution in [0, 0.1) is 17.0 Å². The first-order valence-electron chi connectivity index (χ1n) is 13.3. The van der Waals surface area contributed by atoms with Crippen LogP contribution >= 0.6 is 15.9 Å². The van der Waals surface area contributed by atoms with E-state index in [1.807, 2.05) is 20.8 Å². The third-order valence-corrected chi connectivity index (χ3v) is 8.13. The summed E-state index contributed by atoms with van der Waals surface area (Å²) in [7, 11) is 0. The molecule has 1 aliphatic heterocycles. The van der Waals surface area contributed by atoms with Crippen LogP contribution in [0.2, 0.25) is 0 Å². The molecule has 11 heteroatoms. The lowest BCUT2D eigenvalue weighted by molar-refractivity contribution is -0.136. The third kappa shape index (κ3) is 6.95. The fourth-order valence-corrected chi connectivity index (χ4v) is 5.69. The second-order valence-electron chi connectivity index (χ2n) is 11.4. The normalized spacial score (nSPS) is 19.5. The highest BCUT2D eigenvalue weighted by atomic mass is 79.9. The average Bonchev–Trinajstić information content (AvgIpc) is 3.30. The van der Waals surface area contributed by atoms with E-state index < -0.39 is 40.7 Å². The highest BCUT2D eigenvalue weighted by Crippen LogP contribution is 2.37. The number of carboxylic acid groups (broad SMARTS) is 1. The monoisotopic (exact) mass is 630 g/mol. The summed E-state index contributed by atoms with van der Waals surface area (Å²) >= 11 is 3.12. The Bertz CT molecular complexity index is 1500. The van der Waals surface area contributed by atoms with Crippen molar-refractivity contribution in [3.8, 4) is 0 Å². The Morgan fingerprint density at radius 3 is 2.63 bits per heavy atom. The van der Waals surface area contributed by atoms with Crippen LogP contribution in [0.25, 0.3) is 17.0 Å². The van der Waals surface area contributed by atoms with Gasteiger partial charge in [0.15, 0.2) is 0 Å². The zero-order valence-electron chi connectivity index (χ0n) is 23.1. The maximum absolute atomic E-state index is 13.8. The van der Waals surface area contributed by atoms with Crippen molar-refractivity contribution in [2.24, 2.45) is 5.41 Å². The lowest BCUT2D eigenvalue weighted by Crippen LogP contribution is -2.67. The molecule has 218 valence electrons. The van der Waals surface area contributed by atoms with E-state index in [4.69, 9.17) is 0 Å². The van der Waals surface area contributed by atoms with Crippen LogP contribution in [0.1, 0.15) is 44.7 Å². The number of rotatable bonds is 7. The number of nitrogens with one attached hydrogen (secondary N) is 3. The number of carbonyl (C=O) groups excluding carboxylic acids is 2. The van der Waals surface area contributed by atoms with Gasteiger partial charge in [0.1, 0.15) is 17.2 Å². The van der Waals surface area contributed by atoms with Gasteiger partial charge in [0.25, 0.3) is 0 Å². The van der Waals surface area contributed by atoms with Crippen molar-refractivity contribution in [1.29, 1.82) is 0 Å². The maximum atomic E-state index is 13.8. The summed E-state index contributed by atoms with van der Waals surface area (Å²) in [5.74, 6) is -1.75. The molecular formula is C30H33BrF2N4O4. The third-order valence-electron chi connectivity index (χ3n) is 7.52. The predicted molar refractivity (Wildman–Crippen MR) is 156 cm³/mol. The summed E-state index contributed by atoms with van der Waals surface area (Å²) < 4.78 is 27.6. The minimum absolute atomic E-state index is 0.0569. The van der Waals surface area contributed by atoms with Gasteiger partial charge in [-0.05, 0) is 81.7 Å². The molecule has 41 heavy (non-hydrogen) atoms. The standard InChI is InChI=1S/C30H33BrF2N4O4/c1-29(2,3)25-16-30(11-13-37(25)28(40)41,36-26(38)9-5-18-4-7-23(33)22(31)14-18)27(39)34-12-10-19-17-35-24-8-6-20(32)15-21(19)24/h4-9,14-15,17,25,35H,10-13,16H2,1-3H3,(H,34,39)(H,36,38)(H,40,41). The molecule has 0 spiro atoms. The molecule has 4 N–H and O–H groups in total. The van der Waals surface area contributed by atoms with Gasteiger partial charge in [-0.2, -0.15) is 0 Å². The van der Waals surface area contributed by atoms with Gasteiger partial charge in [-0.1, -0.05) is 26.8 Å². The molecule has 2 aromatic carbocycles. The summed E-state index contributed by atoms with van der Waals surface area (Å²) in [5.41, 5.74) is 0.306. The Kier molecular flexibility index (Phi) is 8.86. The second kappa shape index (κ2) is 12.0. The molecule has 1 fully saturated rings. The molecular weight excluding hydrogens is 598 g/mol. The molecule has 2 heterocycles. The number of aromatic amines is 1. The molecule has 0 bridgehead atoms. The lowest BCUT2D eigenvalue weighted by atomic mass is 9.73. The van der Waals surface area contributed by atoms with Gasteiger partial charge in [0, 0.05) is 48.7 Å². The summed E-state index contributed by atoms with van der Waals surface area (Å²) in [4.78, 5) is 43.3. The van der Waals surface area contributed by atoms with Crippen molar-refractivity contribution < 1.29 is 28.3 Å². The number of piperidine rings is 1. The summed E-state index contributed by atoms with van der Waals surface area (Å²) in [6.07, 6.45) is 4.04. The van der Waals surface area contributed by atoms with Gasteiger partial charge in [0.2, 0.25) is 11.8 Å². The van der Waals surface area contributed by atoms with Crippen molar-refractivity contribution in [3.05, 3.63) is 75.9 Å². The van der Waals surface area contributed by atoms with Crippen molar-refractivity contribution in [2.75, 3.05) is 13.1 Å². The van der Waals surface area contributed by atoms with Crippen molar-refractivity contribution in [2.45, 2.75) is 51.6 Å². The number of hydrogen-bond donors (Lipinski definition) is 4. The number of nitrogens with zero attached hydrogens (tertiary/aromatic N) is 1. The number of benzene rings is 2. The van der Waals surface area contributed by atoms with E-state index in [1.54, 1.807) is 12.3 Å². The van der Waals surface area contributed by atoms with Gasteiger partial charge >= 0.3 is 6.09 Å². The first kappa shape index (κ1) is 30.2. The molecule has 8 nitrogen and oxygen atoms in total. The molecule has 0 aliphatic carbocycles. The van der Waals surface area contributed by atoms with Gasteiger partial charge in [0.05, 0.1) is 4.47 Å². The van der Waals surface area contributed by atoms with E-state index >= 15 is 0 Å². The zero-order valence-corrected chi connectivity index (χ0v) is 24.6. The summed E-state index contributed by atoms with van der Waals surface area (Å²) in [5, 5.41) is 16.4. The Balaban J connectivity index is 1.55. The van der Waals surface area contributed by atoms with E-state index in [1.165, 1.54) is 47.4 Å². The number of amides is 3. The van der Waals surface area contributed by atoms with Crippen molar-refractivity contribution in [3.63, 3.8) is 0 Å². The molecule has 2 unspecified atom stereocenters. The molecule has 0 radical (unpaired) electrons. The Morgan fingerprint density at radius 2 is 1.95 bits per heavy atom. The van der Waals surface area contributed by atoms with Gasteiger partial charge in [-0.3, -0.25) is 9.59 Å². The van der Waals surface area contributed by atoms with Crippen LogP contribution in [0.15, 0.2) is 53.1 Å². The number of aromatic nitrogens is 1. The first-order chi connectivity index (χ1) is 19.3. The van der Waals surface area contributed by atoms with Crippen molar-refractivity contribution in [1.82, 2.24) is 20.5 Å². The van der Waals surface area contributed by atoms with Gasteiger partial charge in [-0.25, -0.2) is 13.6 Å². The number of H-pyrrole nitrogens is 1. The molecule has 0 saturated carbocycles. The second-order valence-corrected chi connectivity index (χ2v) is 12.3. The van der Waals surface area contributed by atoms with Crippen molar-refractivity contribution >= 4 is 50.8 Å². The minimum atomic E-state index is -1.37. The molecule has 1 aliphatic rings. The highest BCUT2D eigenvalue weighted by Gasteiger charge is 2.50. The van der Waals surface area contributed by atoms with Crippen LogP contribution in [0.5, 0.6) is 0 Å². The number of likely N-dealkylation sites (tertiary alicyclic amines) is 1. The molecule has 3 amide bonds. The number of hydrogen-bond acceptors (Lipinski definition) is 3. The topological polar surface area (TPSA) is 115 Å². The molecule has 2 atom stereocenters. The number of fused-ring (bicyclic) bond motifs is 1. The van der Waals surface area contributed by atoms with Gasteiger partial charge < -0.3 is 25.6 Å². The van der Waals surface area contributed by atoms with E-state index in [2.05, 4.69) is 31.5 Å². The lowest BCUT2D eigenvalue weighted by Gasteiger charge is -2.49. The Labute approximate surface area is 245 Å². The van der Waals surface area contributed by atoms with Crippen LogP contribution in [-0.4, -0.2) is 57.6 Å². The smallest absolute Gasteiger partial charge is 0.407 e. The van der Waals surface area contributed by atoms with Crippen LogP contribution in [0.3, 0.4) is 0 Å². The molecule has 4 rings (SSSR count). The highest BCUT2D eigenvalue weighted by molar-refractivity contribution is 9.10. The van der Waals surface area contributed by atoms with E-state index in [9.17, 15) is 28.3 Å². The summed E-state index contributed by atoms with van der Waals surface area (Å²) in [6, 6.07) is 8.23. The minimum Gasteiger partial charge on any atom is -0.465 e. The molecule has 1 aromatic heterocycles. The average molecular weight is 632 g/mol. The largest absolute Gasteiger partial charge is 0.465 e. The van der Waals surface area contributed by atoms with Gasteiger partial charge in [-0.15, -0.1) is 0 Å². The molecule has 1 saturated heterocycles. The number of halogens is 3. The molecule has 3 aromatic rings.